The van der Waals surface area contributed by atoms with Crippen LogP contribution in [-0.2, 0) is 11.3 Å². The van der Waals surface area contributed by atoms with Gasteiger partial charge in [0.1, 0.15) is 0 Å². The van der Waals surface area contributed by atoms with Crippen LogP contribution in [0.3, 0.4) is 0 Å². The van der Waals surface area contributed by atoms with Crippen molar-refractivity contribution < 1.29 is 9.53 Å². The Morgan fingerprint density at radius 1 is 1.50 bits per heavy atom. The third-order valence-electron chi connectivity index (χ3n) is 2.75. The van der Waals surface area contributed by atoms with Gasteiger partial charge < -0.3 is 15.8 Å². The van der Waals surface area contributed by atoms with Crippen molar-refractivity contribution in [3.8, 4) is 0 Å². The quantitative estimate of drug-likeness (QED) is 0.619. The Balaban J connectivity index is 2.04. The summed E-state index contributed by atoms with van der Waals surface area (Å²) in [5.41, 5.74) is 7.41. The molecule has 0 spiro atoms. The third-order valence-corrected chi connectivity index (χ3v) is 2.75. The summed E-state index contributed by atoms with van der Waals surface area (Å²) in [7, 11) is 0. The molecule has 0 unspecified atom stereocenters. The van der Waals surface area contributed by atoms with Crippen molar-refractivity contribution >= 4 is 17.3 Å². The summed E-state index contributed by atoms with van der Waals surface area (Å²) in [5, 5.41) is 7.31. The molecule has 0 amide bonds. The Kier molecular flexibility index (Phi) is 4.60. The number of hydrogen-bond donors (Lipinski definition) is 2. The SMILES string of the molecule is CCOC(=O)c1cc(N)ccc1NCCn1cccn1. The van der Waals surface area contributed by atoms with Crippen LogP contribution < -0.4 is 11.1 Å². The van der Waals surface area contributed by atoms with Gasteiger partial charge in [-0.15, -0.1) is 0 Å². The van der Waals surface area contributed by atoms with Gasteiger partial charge in [0.05, 0.1) is 18.7 Å². The molecule has 0 atom stereocenters. The van der Waals surface area contributed by atoms with Crippen molar-refractivity contribution in [1.29, 1.82) is 0 Å². The number of carbonyl (C=O) groups is 1. The third kappa shape index (κ3) is 3.50. The lowest BCUT2D eigenvalue weighted by atomic mass is 10.1. The lowest BCUT2D eigenvalue weighted by Crippen LogP contribution is -2.14. The second kappa shape index (κ2) is 6.60. The van der Waals surface area contributed by atoms with Gasteiger partial charge >= 0.3 is 5.97 Å². The van der Waals surface area contributed by atoms with E-state index in [9.17, 15) is 4.79 Å². The zero-order chi connectivity index (χ0) is 14.4. The number of nitrogens with zero attached hydrogens (tertiary/aromatic N) is 2. The van der Waals surface area contributed by atoms with Crippen LogP contribution in [0.2, 0.25) is 0 Å². The summed E-state index contributed by atoms with van der Waals surface area (Å²) in [6, 6.07) is 7.02. The molecule has 0 aliphatic heterocycles. The molecule has 0 saturated carbocycles. The van der Waals surface area contributed by atoms with Gasteiger partial charge in [-0.05, 0) is 31.2 Å². The van der Waals surface area contributed by atoms with E-state index in [0.29, 0.717) is 36.6 Å². The maximum absolute atomic E-state index is 11.9. The van der Waals surface area contributed by atoms with Crippen LogP contribution in [0.1, 0.15) is 17.3 Å². The molecule has 0 bridgehead atoms. The van der Waals surface area contributed by atoms with E-state index in [0.717, 1.165) is 0 Å². The van der Waals surface area contributed by atoms with E-state index in [1.54, 1.807) is 31.3 Å². The molecule has 3 N–H and O–H groups in total. The number of aromatic nitrogens is 2. The first kappa shape index (κ1) is 13.9. The molecule has 0 aliphatic rings. The summed E-state index contributed by atoms with van der Waals surface area (Å²) in [5.74, 6) is -0.374. The molecular formula is C14H18N4O2. The predicted molar refractivity (Wildman–Crippen MR) is 77.5 cm³/mol. The first-order chi connectivity index (χ1) is 9.70. The highest BCUT2D eigenvalue weighted by Gasteiger charge is 2.12. The van der Waals surface area contributed by atoms with Gasteiger partial charge in [-0.3, -0.25) is 4.68 Å². The van der Waals surface area contributed by atoms with Gasteiger partial charge in [-0.25, -0.2) is 4.79 Å². The number of nitrogen functional groups attached to an aromatic ring is 1. The van der Waals surface area contributed by atoms with Crippen molar-refractivity contribution in [2.75, 3.05) is 24.2 Å². The average molecular weight is 274 g/mol. The molecule has 0 aliphatic carbocycles. The normalized spacial score (nSPS) is 10.2. The van der Waals surface area contributed by atoms with E-state index in [1.165, 1.54) is 0 Å². The zero-order valence-electron chi connectivity index (χ0n) is 11.4. The fourth-order valence-electron chi connectivity index (χ4n) is 1.83. The van der Waals surface area contributed by atoms with Gasteiger partial charge in [0.25, 0.3) is 0 Å². The molecule has 6 nitrogen and oxygen atoms in total. The van der Waals surface area contributed by atoms with Crippen molar-refractivity contribution in [3.63, 3.8) is 0 Å². The Bertz CT molecular complexity index is 567. The van der Waals surface area contributed by atoms with E-state index < -0.39 is 0 Å². The van der Waals surface area contributed by atoms with Crippen molar-refractivity contribution in [2.24, 2.45) is 0 Å². The number of nitrogens with one attached hydrogen (secondary N) is 1. The van der Waals surface area contributed by atoms with Gasteiger partial charge in [-0.2, -0.15) is 5.10 Å². The lowest BCUT2D eigenvalue weighted by molar-refractivity contribution is 0.0527. The van der Waals surface area contributed by atoms with Crippen molar-refractivity contribution in [3.05, 3.63) is 42.2 Å². The van der Waals surface area contributed by atoms with Crippen molar-refractivity contribution in [1.82, 2.24) is 9.78 Å². The monoisotopic (exact) mass is 274 g/mol. The number of rotatable bonds is 6. The lowest BCUT2D eigenvalue weighted by Gasteiger charge is -2.12. The second-order valence-corrected chi connectivity index (χ2v) is 4.22. The molecule has 1 heterocycles. The number of anilines is 2. The van der Waals surface area contributed by atoms with Crippen LogP contribution in [0.15, 0.2) is 36.7 Å². The minimum atomic E-state index is -0.374. The van der Waals surface area contributed by atoms with E-state index in [2.05, 4.69) is 10.4 Å². The fraction of sp³-hybridized carbons (Fsp3) is 0.286. The Morgan fingerprint density at radius 3 is 3.05 bits per heavy atom. The number of esters is 1. The summed E-state index contributed by atoms with van der Waals surface area (Å²) in [6.45, 7) is 3.47. The molecule has 0 radical (unpaired) electrons. The topological polar surface area (TPSA) is 82.2 Å². The maximum atomic E-state index is 11.9. The first-order valence-electron chi connectivity index (χ1n) is 6.48. The first-order valence-corrected chi connectivity index (χ1v) is 6.48. The summed E-state index contributed by atoms with van der Waals surface area (Å²) >= 11 is 0. The minimum Gasteiger partial charge on any atom is -0.462 e. The summed E-state index contributed by atoms with van der Waals surface area (Å²) in [6.07, 6.45) is 3.62. The fourth-order valence-corrected chi connectivity index (χ4v) is 1.83. The van der Waals surface area contributed by atoms with Crippen LogP contribution >= 0.6 is 0 Å². The Hall–Kier alpha value is -2.50. The Labute approximate surface area is 117 Å². The molecule has 0 fully saturated rings. The molecule has 1 aromatic carbocycles. The molecule has 20 heavy (non-hydrogen) atoms. The molecule has 2 rings (SSSR count). The van der Waals surface area contributed by atoms with Gasteiger partial charge in [0, 0.05) is 30.3 Å². The molecule has 106 valence electrons. The molecule has 2 aromatic rings. The highest BCUT2D eigenvalue weighted by Crippen LogP contribution is 2.19. The molecule has 0 saturated heterocycles. The van der Waals surface area contributed by atoms with Crippen LogP contribution in [0, 0.1) is 0 Å². The number of carbonyl (C=O) groups excluding carboxylic acids is 1. The van der Waals surface area contributed by atoms with Crippen LogP contribution in [-0.4, -0.2) is 28.9 Å². The number of benzene rings is 1. The van der Waals surface area contributed by atoms with Crippen LogP contribution in [0.5, 0.6) is 0 Å². The molecular weight excluding hydrogens is 256 g/mol. The van der Waals surface area contributed by atoms with E-state index >= 15 is 0 Å². The number of ether oxygens (including phenoxy) is 1. The largest absolute Gasteiger partial charge is 0.462 e. The van der Waals surface area contributed by atoms with Gasteiger partial charge in [0.2, 0.25) is 0 Å². The number of hydrogen-bond acceptors (Lipinski definition) is 5. The van der Waals surface area contributed by atoms with Crippen molar-refractivity contribution in [2.45, 2.75) is 13.5 Å². The predicted octanol–water partition coefficient (Wildman–Crippen LogP) is 1.75. The van der Waals surface area contributed by atoms with Gasteiger partial charge in [-0.1, -0.05) is 0 Å². The minimum absolute atomic E-state index is 0.334. The highest BCUT2D eigenvalue weighted by molar-refractivity contribution is 5.96. The Morgan fingerprint density at radius 2 is 2.35 bits per heavy atom. The molecule has 6 heteroatoms. The number of nitrogens with two attached hydrogens (primary N) is 1. The average Bonchev–Trinajstić information content (AvgIpc) is 2.94. The standard InChI is InChI=1S/C14H18N4O2/c1-2-20-14(19)12-10-11(15)4-5-13(12)16-7-9-18-8-3-6-17-18/h3-6,8,10,16H,2,7,9,15H2,1H3. The smallest absolute Gasteiger partial charge is 0.340 e. The highest BCUT2D eigenvalue weighted by atomic mass is 16.5. The van der Waals surface area contributed by atoms with Crippen LogP contribution in [0.4, 0.5) is 11.4 Å². The van der Waals surface area contributed by atoms with E-state index in [4.69, 9.17) is 10.5 Å². The van der Waals surface area contributed by atoms with Crippen LogP contribution in [0.25, 0.3) is 0 Å². The van der Waals surface area contributed by atoms with E-state index in [-0.39, 0.29) is 5.97 Å². The zero-order valence-corrected chi connectivity index (χ0v) is 11.4. The second-order valence-electron chi connectivity index (χ2n) is 4.22. The maximum Gasteiger partial charge on any atom is 0.340 e. The summed E-state index contributed by atoms with van der Waals surface area (Å²) < 4.78 is 6.84. The molecule has 1 aromatic heterocycles. The summed E-state index contributed by atoms with van der Waals surface area (Å²) in [4.78, 5) is 11.9. The van der Waals surface area contributed by atoms with E-state index in [1.807, 2.05) is 16.9 Å². The van der Waals surface area contributed by atoms with Gasteiger partial charge in [0.15, 0.2) is 0 Å².